The van der Waals surface area contributed by atoms with Gasteiger partial charge >= 0.3 is 12.1 Å². The van der Waals surface area contributed by atoms with Crippen LogP contribution in [0.5, 0.6) is 0 Å². The van der Waals surface area contributed by atoms with Gasteiger partial charge in [-0.15, -0.1) is 0 Å². The van der Waals surface area contributed by atoms with Crippen LogP contribution >= 0.6 is 23.2 Å². The van der Waals surface area contributed by atoms with Crippen LogP contribution in [0.25, 0.3) is 0 Å². The molecule has 0 radical (unpaired) electrons. The van der Waals surface area contributed by atoms with Crippen LogP contribution in [0, 0.1) is 0 Å². The standard InChI is InChI=1S/C18H14Cl2F3NO3/c19-13-6-3-11(14(20)9-13)8-15(17(26)27)24-16(25)7-10-1-4-12(5-2-10)18(21,22)23/h1-6,9,15H,7-8H2,(H,24,25)(H,26,27)/t15-/m1/s1. The van der Waals surface area contributed by atoms with E-state index in [1.807, 2.05) is 0 Å². The lowest BCUT2D eigenvalue weighted by molar-refractivity contribution is -0.141. The number of hydrogen-bond acceptors (Lipinski definition) is 2. The van der Waals surface area contributed by atoms with Crippen molar-refractivity contribution in [3.05, 3.63) is 69.2 Å². The summed E-state index contributed by atoms with van der Waals surface area (Å²) in [6, 6.07) is 7.40. The Bertz CT molecular complexity index is 839. The van der Waals surface area contributed by atoms with E-state index in [1.165, 1.54) is 18.2 Å². The first-order valence-corrected chi connectivity index (χ1v) is 8.44. The van der Waals surface area contributed by atoms with E-state index in [1.54, 1.807) is 12.1 Å². The van der Waals surface area contributed by atoms with Gasteiger partial charge < -0.3 is 10.4 Å². The van der Waals surface area contributed by atoms with Gasteiger partial charge in [-0.2, -0.15) is 13.2 Å². The SMILES string of the molecule is O=C(Cc1ccc(C(F)(F)F)cc1)N[C@H](Cc1ccc(Cl)cc1Cl)C(=O)O. The van der Waals surface area contributed by atoms with Crippen molar-refractivity contribution in [3.8, 4) is 0 Å². The summed E-state index contributed by atoms with van der Waals surface area (Å²) < 4.78 is 37.6. The molecule has 0 unspecified atom stereocenters. The van der Waals surface area contributed by atoms with Crippen molar-refractivity contribution in [2.45, 2.75) is 25.1 Å². The fraction of sp³-hybridized carbons (Fsp3) is 0.222. The van der Waals surface area contributed by atoms with Gasteiger partial charge in [0.05, 0.1) is 12.0 Å². The number of nitrogens with one attached hydrogen (secondary N) is 1. The summed E-state index contributed by atoms with van der Waals surface area (Å²) in [4.78, 5) is 23.5. The van der Waals surface area contributed by atoms with Crippen molar-refractivity contribution in [1.82, 2.24) is 5.32 Å². The molecule has 27 heavy (non-hydrogen) atoms. The van der Waals surface area contributed by atoms with Gasteiger partial charge in [-0.1, -0.05) is 41.4 Å². The maximum atomic E-state index is 12.5. The minimum Gasteiger partial charge on any atom is -0.480 e. The lowest BCUT2D eigenvalue weighted by atomic mass is 10.0. The highest BCUT2D eigenvalue weighted by Gasteiger charge is 2.30. The molecule has 0 aliphatic carbocycles. The number of amides is 1. The number of aliphatic carboxylic acids is 1. The van der Waals surface area contributed by atoms with Gasteiger partial charge in [0.15, 0.2) is 0 Å². The molecule has 0 fully saturated rings. The van der Waals surface area contributed by atoms with E-state index in [4.69, 9.17) is 23.2 Å². The molecule has 0 heterocycles. The van der Waals surface area contributed by atoms with Gasteiger partial charge in [0.2, 0.25) is 5.91 Å². The molecular weight excluding hydrogens is 406 g/mol. The Balaban J connectivity index is 2.03. The zero-order valence-electron chi connectivity index (χ0n) is 13.7. The van der Waals surface area contributed by atoms with Crippen LogP contribution in [0.3, 0.4) is 0 Å². The van der Waals surface area contributed by atoms with Crippen LogP contribution in [-0.4, -0.2) is 23.0 Å². The number of carbonyl (C=O) groups excluding carboxylic acids is 1. The third kappa shape index (κ3) is 6.15. The Hall–Kier alpha value is -2.25. The third-order valence-electron chi connectivity index (χ3n) is 3.72. The molecule has 0 saturated heterocycles. The Morgan fingerprint density at radius 2 is 1.70 bits per heavy atom. The van der Waals surface area contributed by atoms with Gasteiger partial charge in [-0.25, -0.2) is 4.79 Å². The van der Waals surface area contributed by atoms with Gasteiger partial charge in [-0.3, -0.25) is 4.79 Å². The fourth-order valence-electron chi connectivity index (χ4n) is 2.35. The molecule has 0 aliphatic heterocycles. The Kier molecular flexibility index (Phi) is 6.73. The van der Waals surface area contributed by atoms with Gasteiger partial charge in [0.1, 0.15) is 6.04 Å². The van der Waals surface area contributed by atoms with Crippen LogP contribution < -0.4 is 5.32 Å². The van der Waals surface area contributed by atoms with Gasteiger partial charge in [0, 0.05) is 16.5 Å². The molecule has 0 spiro atoms. The summed E-state index contributed by atoms with van der Waals surface area (Å²) >= 11 is 11.8. The number of hydrogen-bond donors (Lipinski definition) is 2. The van der Waals surface area contributed by atoms with E-state index in [2.05, 4.69) is 5.32 Å². The first kappa shape index (κ1) is 21.1. The smallest absolute Gasteiger partial charge is 0.416 e. The quantitative estimate of drug-likeness (QED) is 0.730. The van der Waals surface area contributed by atoms with E-state index < -0.39 is 29.7 Å². The Morgan fingerprint density at radius 1 is 1.07 bits per heavy atom. The summed E-state index contributed by atoms with van der Waals surface area (Å²) in [5.41, 5.74) is -0.00934. The maximum Gasteiger partial charge on any atom is 0.416 e. The number of benzene rings is 2. The molecule has 0 saturated carbocycles. The van der Waals surface area contributed by atoms with Crippen LogP contribution in [-0.2, 0) is 28.6 Å². The molecular formula is C18H14Cl2F3NO3. The molecule has 9 heteroatoms. The van der Waals surface area contributed by atoms with Crippen molar-refractivity contribution in [2.24, 2.45) is 0 Å². The second kappa shape index (κ2) is 8.63. The Morgan fingerprint density at radius 3 is 2.22 bits per heavy atom. The summed E-state index contributed by atoms with van der Waals surface area (Å²) in [5, 5.41) is 12.3. The molecule has 0 aliphatic rings. The summed E-state index contributed by atoms with van der Waals surface area (Å²) in [6.07, 6.45) is -4.78. The molecule has 2 N–H and O–H groups in total. The minimum absolute atomic E-state index is 0.0654. The highest BCUT2D eigenvalue weighted by atomic mass is 35.5. The first-order valence-electron chi connectivity index (χ1n) is 7.68. The minimum atomic E-state index is -4.47. The summed E-state index contributed by atoms with van der Waals surface area (Å²) in [6.45, 7) is 0. The molecule has 2 rings (SSSR count). The number of carbonyl (C=O) groups is 2. The molecule has 0 aromatic heterocycles. The maximum absolute atomic E-state index is 12.5. The average molecular weight is 420 g/mol. The molecule has 144 valence electrons. The van der Waals surface area contributed by atoms with Gasteiger partial charge in [0.25, 0.3) is 0 Å². The zero-order valence-corrected chi connectivity index (χ0v) is 15.2. The van der Waals surface area contributed by atoms with Crippen molar-refractivity contribution >= 4 is 35.1 Å². The third-order valence-corrected chi connectivity index (χ3v) is 4.31. The van der Waals surface area contributed by atoms with Crippen LogP contribution in [0.4, 0.5) is 13.2 Å². The zero-order chi connectivity index (χ0) is 20.2. The van der Waals surface area contributed by atoms with E-state index in [-0.39, 0.29) is 17.9 Å². The largest absolute Gasteiger partial charge is 0.480 e. The number of alkyl halides is 3. The molecule has 2 aromatic rings. The van der Waals surface area contributed by atoms with E-state index in [0.717, 1.165) is 12.1 Å². The molecule has 4 nitrogen and oxygen atoms in total. The van der Waals surface area contributed by atoms with Crippen LogP contribution in [0.15, 0.2) is 42.5 Å². The summed E-state index contributed by atoms with van der Waals surface area (Å²) in [5.74, 6) is -1.89. The number of halogens is 5. The topological polar surface area (TPSA) is 66.4 Å². The molecule has 0 bridgehead atoms. The fourth-order valence-corrected chi connectivity index (χ4v) is 2.84. The van der Waals surface area contributed by atoms with Crippen LogP contribution in [0.1, 0.15) is 16.7 Å². The van der Waals surface area contributed by atoms with E-state index in [9.17, 15) is 27.9 Å². The number of carboxylic acids is 1. The van der Waals surface area contributed by atoms with E-state index >= 15 is 0 Å². The highest BCUT2D eigenvalue weighted by molar-refractivity contribution is 6.35. The van der Waals surface area contributed by atoms with Crippen molar-refractivity contribution in [1.29, 1.82) is 0 Å². The lowest BCUT2D eigenvalue weighted by Gasteiger charge is -2.16. The normalized spacial score (nSPS) is 12.5. The van der Waals surface area contributed by atoms with Crippen LogP contribution in [0.2, 0.25) is 10.0 Å². The second-order valence-electron chi connectivity index (χ2n) is 5.77. The highest BCUT2D eigenvalue weighted by Crippen LogP contribution is 2.29. The van der Waals surface area contributed by atoms with E-state index in [0.29, 0.717) is 16.1 Å². The van der Waals surface area contributed by atoms with Crippen molar-refractivity contribution in [3.63, 3.8) is 0 Å². The second-order valence-corrected chi connectivity index (χ2v) is 6.61. The Labute approximate surface area is 162 Å². The summed E-state index contributed by atoms with van der Waals surface area (Å²) in [7, 11) is 0. The molecule has 1 amide bonds. The number of rotatable bonds is 6. The molecule has 2 aromatic carbocycles. The average Bonchev–Trinajstić information content (AvgIpc) is 2.56. The predicted molar refractivity (Wildman–Crippen MR) is 94.9 cm³/mol. The van der Waals surface area contributed by atoms with Crippen molar-refractivity contribution in [2.75, 3.05) is 0 Å². The lowest BCUT2D eigenvalue weighted by Crippen LogP contribution is -2.43. The first-order chi connectivity index (χ1) is 12.6. The monoisotopic (exact) mass is 419 g/mol. The predicted octanol–water partition coefficient (Wildman–Crippen LogP) is 4.37. The molecule has 1 atom stereocenters. The number of carboxylic acid groups (broad SMARTS) is 1. The van der Waals surface area contributed by atoms with Gasteiger partial charge in [-0.05, 0) is 35.4 Å². The van der Waals surface area contributed by atoms with Crippen molar-refractivity contribution < 1.29 is 27.9 Å².